The second-order valence-corrected chi connectivity index (χ2v) is 5.57. The lowest BCUT2D eigenvalue weighted by Gasteiger charge is -2.36. The molecular weight excluding hydrogens is 477 g/mol. The number of aliphatic hydroxyl groups is 1. The zero-order valence-electron chi connectivity index (χ0n) is 14.0. The van der Waals surface area contributed by atoms with Crippen LogP contribution in [0.4, 0.5) is 65.9 Å². The summed E-state index contributed by atoms with van der Waals surface area (Å²) >= 11 is 0. The Bertz CT molecular complexity index is 558. The summed E-state index contributed by atoms with van der Waals surface area (Å²) in [6.45, 7) is -0.541. The lowest BCUT2D eigenvalue weighted by atomic mass is 10.1. The van der Waals surface area contributed by atoms with Gasteiger partial charge in [0.25, 0.3) is 0 Å². The summed E-state index contributed by atoms with van der Waals surface area (Å²) in [6, 6.07) is 0. The Kier molecular flexibility index (Phi) is 8.42. The molecule has 0 aliphatic carbocycles. The number of alkyl halides is 15. The van der Waals surface area contributed by atoms with Crippen LogP contribution in [0.25, 0.3) is 0 Å². The molecule has 0 heterocycles. The molecule has 0 bridgehead atoms. The molecule has 0 aromatic carbocycles. The first-order chi connectivity index (χ1) is 13.0. The maximum atomic E-state index is 13.1. The summed E-state index contributed by atoms with van der Waals surface area (Å²) in [4.78, 5) is 0. The summed E-state index contributed by atoms with van der Waals surface area (Å²) in [5, 5.41) is 8.36. The lowest BCUT2D eigenvalue weighted by molar-refractivity contribution is -0.542. The number of unbranched alkanes of at least 4 members (excludes halogenated alkanes) is 2. The van der Waals surface area contributed by atoms with E-state index in [0.717, 1.165) is 0 Å². The Labute approximate surface area is 156 Å². The quantitative estimate of drug-likeness (QED) is 0.280. The molecule has 0 aromatic heterocycles. The summed E-state index contributed by atoms with van der Waals surface area (Å²) in [6.07, 6.45) is -37.4. The molecule has 0 radical (unpaired) electrons. The molecule has 0 saturated heterocycles. The zero-order valence-corrected chi connectivity index (χ0v) is 14.0. The van der Waals surface area contributed by atoms with Gasteiger partial charge in [-0.25, -0.2) is 9.47 Å². The van der Waals surface area contributed by atoms with Crippen LogP contribution in [0.5, 0.6) is 0 Å². The van der Waals surface area contributed by atoms with Crippen molar-refractivity contribution in [3.05, 3.63) is 0 Å². The van der Waals surface area contributed by atoms with Gasteiger partial charge in [-0.05, 0) is 12.8 Å². The Morgan fingerprint density at radius 1 is 0.500 bits per heavy atom. The van der Waals surface area contributed by atoms with E-state index in [0.29, 0.717) is 0 Å². The molecule has 0 atom stereocenters. The van der Waals surface area contributed by atoms with E-state index < -0.39 is 61.9 Å². The van der Waals surface area contributed by atoms with Crippen molar-refractivity contribution < 1.29 is 80.4 Å². The van der Waals surface area contributed by atoms with Gasteiger partial charge in [-0.15, -0.1) is 0 Å². The van der Waals surface area contributed by atoms with Crippen LogP contribution in [0.15, 0.2) is 0 Å². The van der Waals surface area contributed by atoms with Crippen LogP contribution in [-0.2, 0) is 9.47 Å². The first-order valence-electron chi connectivity index (χ1n) is 7.32. The van der Waals surface area contributed by atoms with Crippen LogP contribution >= 0.6 is 0 Å². The molecule has 0 fully saturated rings. The number of aliphatic hydroxyl groups excluding tert-OH is 1. The van der Waals surface area contributed by atoms with Gasteiger partial charge >= 0.3 is 42.5 Å². The van der Waals surface area contributed by atoms with Crippen molar-refractivity contribution in [2.75, 3.05) is 6.61 Å². The number of hydrogen-bond acceptors (Lipinski definition) is 3. The molecule has 0 amide bonds. The van der Waals surface area contributed by atoms with Crippen molar-refractivity contribution in [3.63, 3.8) is 0 Å². The van der Waals surface area contributed by atoms with Crippen LogP contribution < -0.4 is 0 Å². The topological polar surface area (TPSA) is 38.7 Å². The third-order valence-electron chi connectivity index (χ3n) is 3.11. The van der Waals surface area contributed by atoms with E-state index >= 15 is 0 Å². The molecule has 18 heteroatoms. The molecule has 0 aliphatic heterocycles. The van der Waals surface area contributed by atoms with Crippen molar-refractivity contribution in [1.29, 1.82) is 0 Å². The summed E-state index contributed by atoms with van der Waals surface area (Å²) < 4.78 is 195. The van der Waals surface area contributed by atoms with Gasteiger partial charge in [-0.3, -0.25) is 0 Å². The maximum Gasteiger partial charge on any atom is 0.460 e. The van der Waals surface area contributed by atoms with Gasteiger partial charge in [0.1, 0.15) is 0 Å². The van der Waals surface area contributed by atoms with Crippen molar-refractivity contribution >= 4 is 0 Å². The smallest absolute Gasteiger partial charge is 0.396 e. The average molecular weight is 488 g/mol. The van der Waals surface area contributed by atoms with Gasteiger partial charge in [-0.1, -0.05) is 6.42 Å². The second-order valence-electron chi connectivity index (χ2n) is 5.57. The van der Waals surface area contributed by atoms with Crippen molar-refractivity contribution in [2.24, 2.45) is 0 Å². The standard InChI is InChI=1S/C12H11F15O3/c13-6(14,4-2-1-3-5-28)29-11(24,25)12(26,27)30-10(22,23)8(17,18)7(15,16)9(19,20)21/h28H,1-5H2. The van der Waals surface area contributed by atoms with Crippen LogP contribution in [-0.4, -0.2) is 54.2 Å². The van der Waals surface area contributed by atoms with Gasteiger partial charge in [0, 0.05) is 13.0 Å². The summed E-state index contributed by atoms with van der Waals surface area (Å²) in [5.74, 6) is -15.6. The first-order valence-corrected chi connectivity index (χ1v) is 7.32. The van der Waals surface area contributed by atoms with E-state index in [2.05, 4.69) is 4.74 Å². The van der Waals surface area contributed by atoms with Crippen LogP contribution in [0, 0.1) is 0 Å². The van der Waals surface area contributed by atoms with Gasteiger partial charge in [0.05, 0.1) is 0 Å². The highest BCUT2D eigenvalue weighted by Crippen LogP contribution is 2.56. The molecule has 3 nitrogen and oxygen atoms in total. The van der Waals surface area contributed by atoms with E-state index in [-0.39, 0.29) is 12.8 Å². The Morgan fingerprint density at radius 2 is 0.933 bits per heavy atom. The van der Waals surface area contributed by atoms with Crippen molar-refractivity contribution in [1.82, 2.24) is 0 Å². The van der Waals surface area contributed by atoms with Crippen molar-refractivity contribution in [3.8, 4) is 0 Å². The van der Waals surface area contributed by atoms with Crippen LogP contribution in [0.1, 0.15) is 25.7 Å². The summed E-state index contributed by atoms with van der Waals surface area (Å²) in [5.41, 5.74) is 0. The lowest BCUT2D eigenvalue weighted by Crippen LogP contribution is -2.64. The van der Waals surface area contributed by atoms with Crippen LogP contribution in [0.2, 0.25) is 0 Å². The van der Waals surface area contributed by atoms with E-state index in [1.54, 1.807) is 0 Å². The molecular formula is C12H11F15O3. The Morgan fingerprint density at radius 3 is 1.33 bits per heavy atom. The maximum absolute atomic E-state index is 13.1. The molecule has 1 N–H and O–H groups in total. The fourth-order valence-corrected chi connectivity index (χ4v) is 1.56. The number of halogens is 15. The van der Waals surface area contributed by atoms with E-state index in [1.807, 2.05) is 0 Å². The van der Waals surface area contributed by atoms with Gasteiger partial charge in [-0.2, -0.15) is 65.9 Å². The normalized spacial score (nSPS) is 15.6. The number of hydrogen-bond donors (Lipinski definition) is 1. The Hall–Kier alpha value is -1.17. The molecule has 30 heavy (non-hydrogen) atoms. The van der Waals surface area contributed by atoms with Crippen molar-refractivity contribution in [2.45, 2.75) is 68.1 Å². The highest BCUT2D eigenvalue weighted by Gasteiger charge is 2.85. The second kappa shape index (κ2) is 8.76. The first kappa shape index (κ1) is 28.8. The molecule has 182 valence electrons. The SMILES string of the molecule is OCCCCCC(F)(F)OC(F)(F)C(F)(F)OC(F)(F)C(F)(F)C(F)(F)C(F)(F)F. The third kappa shape index (κ3) is 6.18. The molecule has 0 rings (SSSR count). The monoisotopic (exact) mass is 488 g/mol. The fraction of sp³-hybridized carbons (Fsp3) is 1.00. The van der Waals surface area contributed by atoms with E-state index in [4.69, 9.17) is 5.11 Å². The molecule has 0 spiro atoms. The van der Waals surface area contributed by atoms with Gasteiger partial charge in [0.15, 0.2) is 0 Å². The Balaban J connectivity index is 5.60. The molecule has 0 saturated carbocycles. The highest BCUT2D eigenvalue weighted by atomic mass is 19.4. The van der Waals surface area contributed by atoms with E-state index in [1.165, 1.54) is 4.74 Å². The molecule has 0 aromatic rings. The third-order valence-corrected chi connectivity index (χ3v) is 3.11. The minimum absolute atomic E-state index is 0.152. The predicted molar refractivity (Wildman–Crippen MR) is 63.5 cm³/mol. The van der Waals surface area contributed by atoms with E-state index in [9.17, 15) is 65.9 Å². The minimum atomic E-state index is -7.87. The molecule has 0 aliphatic rings. The molecule has 0 unspecified atom stereocenters. The number of ether oxygens (including phenoxy) is 2. The highest BCUT2D eigenvalue weighted by molar-refractivity contribution is 4.97. The van der Waals surface area contributed by atoms with Gasteiger partial charge in [0.2, 0.25) is 0 Å². The zero-order chi connectivity index (χ0) is 24.4. The average Bonchev–Trinajstić information content (AvgIpc) is 2.47. The largest absolute Gasteiger partial charge is 0.460 e. The fourth-order valence-electron chi connectivity index (χ4n) is 1.56. The minimum Gasteiger partial charge on any atom is -0.396 e. The van der Waals surface area contributed by atoms with Crippen LogP contribution in [0.3, 0.4) is 0 Å². The number of rotatable bonds is 12. The van der Waals surface area contributed by atoms with Gasteiger partial charge < -0.3 is 5.11 Å². The predicted octanol–water partition coefficient (Wildman–Crippen LogP) is 5.78. The summed E-state index contributed by atoms with van der Waals surface area (Å²) in [7, 11) is 0.